The molecule has 1 fully saturated rings. The van der Waals surface area contributed by atoms with E-state index in [-0.39, 0.29) is 12.3 Å². The van der Waals surface area contributed by atoms with Gasteiger partial charge < -0.3 is 19.8 Å². The fraction of sp³-hybridized carbons (Fsp3) is 0.571. The first-order valence-electron chi connectivity index (χ1n) is 6.79. The Morgan fingerprint density at radius 3 is 2.24 bits per heavy atom. The smallest absolute Gasteiger partial charge is 0.434 e. The molecule has 1 heterocycles. The first kappa shape index (κ1) is 16.2. The van der Waals surface area contributed by atoms with Gasteiger partial charge in [-0.2, -0.15) is 8.78 Å². The molecule has 21 heavy (non-hydrogen) atoms. The van der Waals surface area contributed by atoms with Crippen molar-refractivity contribution in [3.05, 3.63) is 23.8 Å². The first-order valence-corrected chi connectivity index (χ1v) is 6.79. The molecule has 7 heteroatoms. The summed E-state index contributed by atoms with van der Waals surface area (Å²) in [6.07, 6.45) is 0. The predicted octanol–water partition coefficient (Wildman–Crippen LogP) is 2.05. The van der Waals surface area contributed by atoms with E-state index in [1.165, 1.54) is 6.07 Å². The van der Waals surface area contributed by atoms with Gasteiger partial charge in [-0.1, -0.05) is 12.1 Å². The Bertz CT molecular complexity index is 507. The lowest BCUT2D eigenvalue weighted by Crippen LogP contribution is -2.41. The second-order valence-electron chi connectivity index (χ2n) is 6.04. The van der Waals surface area contributed by atoms with Crippen molar-refractivity contribution in [1.82, 2.24) is 0 Å². The van der Waals surface area contributed by atoms with E-state index in [0.29, 0.717) is 5.56 Å². The third-order valence-corrected chi connectivity index (χ3v) is 4.05. The molecule has 1 aliphatic rings. The fourth-order valence-corrected chi connectivity index (χ4v) is 2.10. The number of ether oxygens (including phenoxy) is 1. The van der Waals surface area contributed by atoms with Gasteiger partial charge in [0.1, 0.15) is 5.75 Å². The van der Waals surface area contributed by atoms with Crippen molar-refractivity contribution >= 4 is 12.6 Å². The molecule has 0 saturated carbocycles. The van der Waals surface area contributed by atoms with Crippen LogP contribution in [0.2, 0.25) is 0 Å². The molecule has 0 unspecified atom stereocenters. The molecular weight excluding hydrogens is 279 g/mol. The zero-order valence-electron chi connectivity index (χ0n) is 12.7. The average molecular weight is 299 g/mol. The summed E-state index contributed by atoms with van der Waals surface area (Å²) < 4.78 is 40.9. The van der Waals surface area contributed by atoms with Crippen LogP contribution in [0, 0.1) is 0 Å². The Kier molecular flexibility index (Phi) is 4.28. The van der Waals surface area contributed by atoms with E-state index in [9.17, 15) is 8.78 Å². The van der Waals surface area contributed by atoms with Gasteiger partial charge in [-0.05, 0) is 39.2 Å². The topological polar surface area (TPSA) is 53.7 Å². The molecular formula is C14H20BF2NO3. The fourth-order valence-electron chi connectivity index (χ4n) is 2.10. The number of benzene rings is 1. The number of alkyl halides is 2. The van der Waals surface area contributed by atoms with Gasteiger partial charge in [-0.3, -0.25) is 0 Å². The van der Waals surface area contributed by atoms with E-state index in [1.54, 1.807) is 12.1 Å². The Balaban J connectivity index is 2.26. The molecule has 0 atom stereocenters. The summed E-state index contributed by atoms with van der Waals surface area (Å²) in [7, 11) is -0.555. The van der Waals surface area contributed by atoms with Crippen LogP contribution in [0.5, 0.6) is 5.75 Å². The Morgan fingerprint density at radius 1 is 1.19 bits per heavy atom. The molecule has 4 nitrogen and oxygen atoms in total. The lowest BCUT2D eigenvalue weighted by Gasteiger charge is -2.32. The molecule has 0 bridgehead atoms. The van der Waals surface area contributed by atoms with Gasteiger partial charge in [0.15, 0.2) is 0 Å². The van der Waals surface area contributed by atoms with E-state index >= 15 is 0 Å². The maximum Gasteiger partial charge on any atom is 0.494 e. The molecule has 1 aromatic rings. The molecule has 0 aliphatic carbocycles. The molecule has 0 radical (unpaired) electrons. The van der Waals surface area contributed by atoms with Crippen molar-refractivity contribution in [3.8, 4) is 5.75 Å². The molecule has 2 N–H and O–H groups in total. The third-order valence-electron chi connectivity index (χ3n) is 4.05. The van der Waals surface area contributed by atoms with Crippen molar-refractivity contribution in [3.63, 3.8) is 0 Å². The molecule has 1 aromatic carbocycles. The van der Waals surface area contributed by atoms with Gasteiger partial charge in [0.25, 0.3) is 0 Å². The maximum atomic E-state index is 12.3. The SMILES string of the molecule is CC1(C)OB(c2ccc(OC(F)F)c(CN)c2)OC1(C)C. The van der Waals surface area contributed by atoms with Gasteiger partial charge in [0.2, 0.25) is 0 Å². The van der Waals surface area contributed by atoms with Gasteiger partial charge >= 0.3 is 13.7 Å². The van der Waals surface area contributed by atoms with E-state index < -0.39 is 24.9 Å². The lowest BCUT2D eigenvalue weighted by atomic mass is 9.78. The number of hydrogen-bond acceptors (Lipinski definition) is 4. The highest BCUT2D eigenvalue weighted by molar-refractivity contribution is 6.62. The van der Waals surface area contributed by atoms with Gasteiger partial charge in [0.05, 0.1) is 11.2 Å². The summed E-state index contributed by atoms with van der Waals surface area (Å²) in [6, 6.07) is 4.80. The van der Waals surface area contributed by atoms with Crippen LogP contribution in [-0.2, 0) is 15.9 Å². The summed E-state index contributed by atoms with van der Waals surface area (Å²) in [5.74, 6) is 0.0766. The van der Waals surface area contributed by atoms with E-state index in [1.807, 2.05) is 27.7 Å². The summed E-state index contributed by atoms with van der Waals surface area (Å²) in [5.41, 5.74) is 5.90. The van der Waals surface area contributed by atoms with E-state index in [4.69, 9.17) is 15.0 Å². The minimum Gasteiger partial charge on any atom is -0.434 e. The second-order valence-corrected chi connectivity index (χ2v) is 6.04. The molecule has 0 amide bonds. The van der Waals surface area contributed by atoms with Crippen LogP contribution in [0.25, 0.3) is 0 Å². The predicted molar refractivity (Wildman–Crippen MR) is 76.7 cm³/mol. The number of halogens is 2. The van der Waals surface area contributed by atoms with Gasteiger partial charge in [-0.15, -0.1) is 0 Å². The highest BCUT2D eigenvalue weighted by Crippen LogP contribution is 2.36. The molecule has 0 aromatic heterocycles. The third kappa shape index (κ3) is 3.20. The van der Waals surface area contributed by atoms with Gasteiger partial charge in [-0.25, -0.2) is 0 Å². The van der Waals surface area contributed by atoms with E-state index in [0.717, 1.165) is 5.46 Å². The minimum absolute atomic E-state index is 0.0766. The standard InChI is InChI=1S/C14H20BF2NO3/c1-13(2)14(3,4)21-15(20-13)10-5-6-11(19-12(16)17)9(7-10)8-18/h5-7,12H,8,18H2,1-4H3. The van der Waals surface area contributed by atoms with Gasteiger partial charge in [0, 0.05) is 12.1 Å². The van der Waals surface area contributed by atoms with Crippen LogP contribution in [0.4, 0.5) is 8.78 Å². The number of rotatable bonds is 4. The Morgan fingerprint density at radius 2 is 1.76 bits per heavy atom. The van der Waals surface area contributed by atoms with Crippen LogP contribution >= 0.6 is 0 Å². The van der Waals surface area contributed by atoms with Crippen LogP contribution in [0.1, 0.15) is 33.3 Å². The molecule has 1 aliphatic heterocycles. The van der Waals surface area contributed by atoms with Crippen LogP contribution in [0.3, 0.4) is 0 Å². The number of hydrogen-bond donors (Lipinski definition) is 1. The highest BCUT2D eigenvalue weighted by Gasteiger charge is 2.51. The lowest BCUT2D eigenvalue weighted by molar-refractivity contribution is -0.0504. The van der Waals surface area contributed by atoms with Crippen LogP contribution in [0.15, 0.2) is 18.2 Å². The second kappa shape index (κ2) is 5.55. The summed E-state index contributed by atoms with van der Waals surface area (Å²) in [5, 5.41) is 0. The Hall–Kier alpha value is -1.18. The zero-order valence-corrected chi connectivity index (χ0v) is 12.7. The average Bonchev–Trinajstić information content (AvgIpc) is 2.58. The van der Waals surface area contributed by atoms with Crippen molar-refractivity contribution in [2.45, 2.75) is 52.1 Å². The van der Waals surface area contributed by atoms with Crippen LogP contribution in [-0.4, -0.2) is 24.9 Å². The normalized spacial score (nSPS) is 20.1. The monoisotopic (exact) mass is 299 g/mol. The minimum atomic E-state index is -2.88. The molecule has 1 saturated heterocycles. The van der Waals surface area contributed by atoms with Crippen LogP contribution < -0.4 is 15.9 Å². The summed E-state index contributed by atoms with van der Waals surface area (Å²) in [6.45, 7) is 5.01. The quantitative estimate of drug-likeness (QED) is 0.865. The number of nitrogens with two attached hydrogens (primary N) is 1. The maximum absolute atomic E-state index is 12.3. The van der Waals surface area contributed by atoms with Crippen molar-refractivity contribution in [2.24, 2.45) is 5.73 Å². The van der Waals surface area contributed by atoms with Crippen molar-refractivity contribution < 1.29 is 22.8 Å². The van der Waals surface area contributed by atoms with Crippen molar-refractivity contribution in [2.75, 3.05) is 0 Å². The molecule has 0 spiro atoms. The van der Waals surface area contributed by atoms with Crippen molar-refractivity contribution in [1.29, 1.82) is 0 Å². The van der Waals surface area contributed by atoms with E-state index in [2.05, 4.69) is 4.74 Å². The first-order chi connectivity index (χ1) is 9.66. The summed E-state index contributed by atoms with van der Waals surface area (Å²) in [4.78, 5) is 0. The molecule has 116 valence electrons. The highest BCUT2D eigenvalue weighted by atomic mass is 19.3. The largest absolute Gasteiger partial charge is 0.494 e. The molecule has 2 rings (SSSR count). The summed E-state index contributed by atoms with van der Waals surface area (Å²) >= 11 is 0. The zero-order chi connectivity index (χ0) is 15.8. The Labute approximate surface area is 123 Å².